The van der Waals surface area contributed by atoms with Gasteiger partial charge in [0, 0.05) is 35.5 Å². The third kappa shape index (κ3) is 4.41. The largest absolute Gasteiger partial charge is 0.492 e. The van der Waals surface area contributed by atoms with E-state index in [1.807, 2.05) is 12.1 Å². The zero-order chi connectivity index (χ0) is 13.7. The summed E-state index contributed by atoms with van der Waals surface area (Å²) in [7, 11) is 0. The zero-order valence-corrected chi connectivity index (χ0v) is 10.8. The quantitative estimate of drug-likeness (QED) is 0.834. The highest BCUT2D eigenvalue weighted by molar-refractivity contribution is 6.30. The van der Waals surface area contributed by atoms with Gasteiger partial charge >= 0.3 is 0 Å². The lowest BCUT2D eigenvalue weighted by atomic mass is 10.3. The number of anilines is 1. The van der Waals surface area contributed by atoms with E-state index in [1.54, 1.807) is 12.1 Å². The molecule has 2 aromatic carbocycles. The lowest BCUT2D eigenvalue weighted by Gasteiger charge is -2.09. The third-order valence-electron chi connectivity index (χ3n) is 2.36. The van der Waals surface area contributed by atoms with Crippen molar-refractivity contribution in [1.82, 2.24) is 0 Å². The zero-order valence-electron chi connectivity index (χ0n) is 10.00. The van der Waals surface area contributed by atoms with Gasteiger partial charge < -0.3 is 10.1 Å². The Bertz CT molecular complexity index is 543. The average molecular weight is 284 g/mol. The van der Waals surface area contributed by atoms with Crippen LogP contribution in [0.3, 0.4) is 0 Å². The van der Waals surface area contributed by atoms with E-state index in [1.165, 1.54) is 0 Å². The Labute approximate surface area is 115 Å². The van der Waals surface area contributed by atoms with E-state index < -0.39 is 11.6 Å². The molecule has 0 unspecified atom stereocenters. The molecular formula is C14H12ClF2NO. The lowest BCUT2D eigenvalue weighted by molar-refractivity contribution is 0.329. The number of hydrogen-bond donors (Lipinski definition) is 1. The fourth-order valence-corrected chi connectivity index (χ4v) is 1.76. The molecule has 2 nitrogen and oxygen atoms in total. The summed E-state index contributed by atoms with van der Waals surface area (Å²) < 4.78 is 31.0. The average Bonchev–Trinajstić information content (AvgIpc) is 2.34. The van der Waals surface area contributed by atoms with Crippen LogP contribution in [0.25, 0.3) is 0 Å². The molecule has 5 heteroatoms. The van der Waals surface area contributed by atoms with Gasteiger partial charge in [0.15, 0.2) is 0 Å². The molecule has 0 saturated carbocycles. The predicted molar refractivity (Wildman–Crippen MR) is 71.8 cm³/mol. The van der Waals surface area contributed by atoms with E-state index in [-0.39, 0.29) is 12.4 Å². The van der Waals surface area contributed by atoms with Crippen molar-refractivity contribution in [2.75, 3.05) is 18.5 Å². The SMILES string of the molecule is Fc1cc(F)cc(OCCNc2cccc(Cl)c2)c1. The van der Waals surface area contributed by atoms with E-state index in [2.05, 4.69) is 5.32 Å². The minimum atomic E-state index is -0.655. The Morgan fingerprint density at radius 3 is 2.47 bits per heavy atom. The first-order valence-electron chi connectivity index (χ1n) is 5.72. The molecule has 19 heavy (non-hydrogen) atoms. The van der Waals surface area contributed by atoms with Gasteiger partial charge in [0.1, 0.15) is 24.0 Å². The first-order valence-corrected chi connectivity index (χ1v) is 6.09. The smallest absolute Gasteiger partial charge is 0.129 e. The van der Waals surface area contributed by atoms with Crippen molar-refractivity contribution in [3.8, 4) is 5.75 Å². The van der Waals surface area contributed by atoms with Gasteiger partial charge in [-0.25, -0.2) is 8.78 Å². The Balaban J connectivity index is 1.80. The van der Waals surface area contributed by atoms with Crippen molar-refractivity contribution in [1.29, 1.82) is 0 Å². The molecule has 0 aliphatic carbocycles. The van der Waals surface area contributed by atoms with Gasteiger partial charge in [-0.3, -0.25) is 0 Å². The van der Waals surface area contributed by atoms with Gasteiger partial charge in [-0.2, -0.15) is 0 Å². The van der Waals surface area contributed by atoms with Crippen molar-refractivity contribution >= 4 is 17.3 Å². The van der Waals surface area contributed by atoms with Crippen LogP contribution in [-0.4, -0.2) is 13.2 Å². The molecule has 0 spiro atoms. The normalized spacial score (nSPS) is 10.3. The Kier molecular flexibility index (Phi) is 4.58. The van der Waals surface area contributed by atoms with Crippen molar-refractivity contribution in [3.63, 3.8) is 0 Å². The van der Waals surface area contributed by atoms with E-state index in [9.17, 15) is 8.78 Å². The van der Waals surface area contributed by atoms with E-state index in [4.69, 9.17) is 16.3 Å². The summed E-state index contributed by atoms with van der Waals surface area (Å²) in [5.74, 6) is -1.14. The van der Waals surface area contributed by atoms with Gasteiger partial charge in [-0.1, -0.05) is 17.7 Å². The van der Waals surface area contributed by atoms with Crippen LogP contribution in [0.5, 0.6) is 5.75 Å². The summed E-state index contributed by atoms with van der Waals surface area (Å²) in [6.07, 6.45) is 0. The van der Waals surface area contributed by atoms with E-state index >= 15 is 0 Å². The van der Waals surface area contributed by atoms with Gasteiger partial charge in [-0.15, -0.1) is 0 Å². The van der Waals surface area contributed by atoms with Crippen molar-refractivity contribution < 1.29 is 13.5 Å². The molecule has 0 bridgehead atoms. The summed E-state index contributed by atoms with van der Waals surface area (Å²) in [5, 5.41) is 3.73. The van der Waals surface area contributed by atoms with Crippen LogP contribution in [-0.2, 0) is 0 Å². The molecule has 0 aliphatic rings. The monoisotopic (exact) mass is 283 g/mol. The van der Waals surface area contributed by atoms with Crippen LogP contribution in [0.1, 0.15) is 0 Å². The highest BCUT2D eigenvalue weighted by Crippen LogP contribution is 2.16. The maximum Gasteiger partial charge on any atom is 0.129 e. The number of ether oxygens (including phenoxy) is 1. The summed E-state index contributed by atoms with van der Waals surface area (Å²) >= 11 is 5.83. The van der Waals surface area contributed by atoms with Crippen molar-refractivity contribution in [2.24, 2.45) is 0 Å². The van der Waals surface area contributed by atoms with E-state index in [0.717, 1.165) is 23.9 Å². The van der Waals surface area contributed by atoms with E-state index in [0.29, 0.717) is 11.6 Å². The highest BCUT2D eigenvalue weighted by Gasteiger charge is 2.01. The van der Waals surface area contributed by atoms with Gasteiger partial charge in [0.05, 0.1) is 0 Å². The Morgan fingerprint density at radius 1 is 1.05 bits per heavy atom. The molecule has 0 atom stereocenters. The molecule has 0 amide bonds. The van der Waals surface area contributed by atoms with Crippen molar-refractivity contribution in [3.05, 3.63) is 59.1 Å². The van der Waals surface area contributed by atoms with Crippen LogP contribution in [0, 0.1) is 11.6 Å². The van der Waals surface area contributed by atoms with Gasteiger partial charge in [0.2, 0.25) is 0 Å². The molecular weight excluding hydrogens is 272 g/mol. The maximum atomic E-state index is 12.9. The molecule has 0 radical (unpaired) electrons. The van der Waals surface area contributed by atoms with Crippen molar-refractivity contribution in [2.45, 2.75) is 0 Å². The molecule has 0 fully saturated rings. The molecule has 2 aromatic rings. The van der Waals surface area contributed by atoms with Crippen LogP contribution in [0.15, 0.2) is 42.5 Å². The molecule has 100 valence electrons. The number of rotatable bonds is 5. The fraction of sp³-hybridized carbons (Fsp3) is 0.143. The summed E-state index contributed by atoms with van der Waals surface area (Å²) in [5.41, 5.74) is 0.863. The Hall–Kier alpha value is -1.81. The maximum absolute atomic E-state index is 12.9. The lowest BCUT2D eigenvalue weighted by Crippen LogP contribution is -2.11. The second kappa shape index (κ2) is 6.38. The fourth-order valence-electron chi connectivity index (χ4n) is 1.57. The minimum Gasteiger partial charge on any atom is -0.492 e. The second-order valence-electron chi connectivity index (χ2n) is 3.89. The molecule has 2 rings (SSSR count). The number of benzene rings is 2. The molecule has 0 aliphatic heterocycles. The summed E-state index contributed by atoms with van der Waals surface area (Å²) in [6, 6.07) is 10.3. The summed E-state index contributed by atoms with van der Waals surface area (Å²) in [6.45, 7) is 0.786. The van der Waals surface area contributed by atoms with Gasteiger partial charge in [0.25, 0.3) is 0 Å². The molecule has 1 N–H and O–H groups in total. The second-order valence-corrected chi connectivity index (χ2v) is 4.33. The first kappa shape index (κ1) is 13.6. The topological polar surface area (TPSA) is 21.3 Å². The molecule has 0 saturated heterocycles. The predicted octanol–water partition coefficient (Wildman–Crippen LogP) is 4.11. The molecule has 0 heterocycles. The Morgan fingerprint density at radius 2 is 1.79 bits per heavy atom. The van der Waals surface area contributed by atoms with Crippen LogP contribution < -0.4 is 10.1 Å². The third-order valence-corrected chi connectivity index (χ3v) is 2.60. The van der Waals surface area contributed by atoms with Crippen LogP contribution >= 0.6 is 11.6 Å². The van der Waals surface area contributed by atoms with Crippen LogP contribution in [0.2, 0.25) is 5.02 Å². The standard InChI is InChI=1S/C14H12ClF2NO/c15-10-2-1-3-13(6-10)18-4-5-19-14-8-11(16)7-12(17)9-14/h1-3,6-9,18H,4-5H2. The van der Waals surface area contributed by atoms with Crippen LogP contribution in [0.4, 0.5) is 14.5 Å². The number of halogens is 3. The number of hydrogen-bond acceptors (Lipinski definition) is 2. The minimum absolute atomic E-state index is 0.172. The first-order chi connectivity index (χ1) is 9.13. The summed E-state index contributed by atoms with van der Waals surface area (Å²) in [4.78, 5) is 0. The van der Waals surface area contributed by atoms with Gasteiger partial charge in [-0.05, 0) is 18.2 Å². The number of nitrogens with one attached hydrogen (secondary N) is 1. The molecule has 0 aromatic heterocycles. The highest BCUT2D eigenvalue weighted by atomic mass is 35.5.